The van der Waals surface area contributed by atoms with E-state index in [4.69, 9.17) is 18.9 Å². The summed E-state index contributed by atoms with van der Waals surface area (Å²) in [6, 6.07) is 12.1. The fourth-order valence-electron chi connectivity index (χ4n) is 2.39. The van der Waals surface area contributed by atoms with Gasteiger partial charge in [-0.3, -0.25) is 4.79 Å². The number of benzene rings is 2. The molecule has 1 amide bonds. The summed E-state index contributed by atoms with van der Waals surface area (Å²) >= 11 is 0. The van der Waals surface area contributed by atoms with Crippen LogP contribution in [0.5, 0.6) is 23.0 Å². The molecule has 146 valence electrons. The number of ether oxygens (including phenoxy) is 4. The van der Waals surface area contributed by atoms with E-state index < -0.39 is 6.10 Å². The van der Waals surface area contributed by atoms with Crippen LogP contribution >= 0.6 is 0 Å². The van der Waals surface area contributed by atoms with Crippen molar-refractivity contribution >= 4 is 5.91 Å². The third-order valence-electron chi connectivity index (χ3n) is 3.79. The highest BCUT2D eigenvalue weighted by molar-refractivity contribution is 5.77. The number of carbonyl (C=O) groups is 1. The van der Waals surface area contributed by atoms with Crippen molar-refractivity contribution in [3.63, 3.8) is 0 Å². The van der Waals surface area contributed by atoms with Crippen LogP contribution in [-0.2, 0) is 4.79 Å². The lowest BCUT2D eigenvalue weighted by atomic mass is 10.1. The Kier molecular flexibility index (Phi) is 7.76. The SMILES string of the molecule is CCOc1ccc(OCC(=O)NCC(O)c2ccc(OC)c(OC)c2)cc1. The Morgan fingerprint density at radius 3 is 2.22 bits per heavy atom. The van der Waals surface area contributed by atoms with Gasteiger partial charge in [-0.05, 0) is 48.9 Å². The van der Waals surface area contributed by atoms with E-state index in [0.29, 0.717) is 29.4 Å². The molecule has 1 unspecified atom stereocenters. The number of methoxy groups -OCH3 is 2. The maximum atomic E-state index is 11.9. The van der Waals surface area contributed by atoms with Gasteiger partial charge < -0.3 is 29.4 Å². The zero-order valence-electron chi connectivity index (χ0n) is 15.7. The third-order valence-corrected chi connectivity index (χ3v) is 3.79. The van der Waals surface area contributed by atoms with Gasteiger partial charge in [-0.15, -0.1) is 0 Å². The molecule has 0 bridgehead atoms. The average Bonchev–Trinajstić information content (AvgIpc) is 2.71. The molecule has 2 rings (SSSR count). The lowest BCUT2D eigenvalue weighted by Crippen LogP contribution is -2.32. The third kappa shape index (κ3) is 6.07. The van der Waals surface area contributed by atoms with E-state index in [9.17, 15) is 9.90 Å². The second-order valence-electron chi connectivity index (χ2n) is 5.63. The van der Waals surface area contributed by atoms with Crippen molar-refractivity contribution in [2.24, 2.45) is 0 Å². The van der Waals surface area contributed by atoms with Crippen molar-refractivity contribution < 1.29 is 28.8 Å². The minimum atomic E-state index is -0.876. The molecule has 0 heterocycles. The van der Waals surface area contributed by atoms with Crippen LogP contribution in [0, 0.1) is 0 Å². The maximum absolute atomic E-state index is 11.9. The van der Waals surface area contributed by atoms with Crippen LogP contribution in [0.15, 0.2) is 42.5 Å². The smallest absolute Gasteiger partial charge is 0.258 e. The molecule has 7 heteroatoms. The first-order valence-electron chi connectivity index (χ1n) is 8.59. The summed E-state index contributed by atoms with van der Waals surface area (Å²) in [6.07, 6.45) is -0.876. The fraction of sp³-hybridized carbons (Fsp3) is 0.350. The molecule has 27 heavy (non-hydrogen) atoms. The van der Waals surface area contributed by atoms with Crippen molar-refractivity contribution in [3.8, 4) is 23.0 Å². The minimum Gasteiger partial charge on any atom is -0.494 e. The van der Waals surface area contributed by atoms with Gasteiger partial charge in [0.1, 0.15) is 11.5 Å². The molecule has 0 aliphatic carbocycles. The van der Waals surface area contributed by atoms with Gasteiger partial charge in [0.2, 0.25) is 0 Å². The van der Waals surface area contributed by atoms with Gasteiger partial charge in [0.05, 0.1) is 26.9 Å². The summed E-state index contributed by atoms with van der Waals surface area (Å²) in [5.41, 5.74) is 0.611. The van der Waals surface area contributed by atoms with E-state index in [-0.39, 0.29) is 19.1 Å². The van der Waals surface area contributed by atoms with Crippen LogP contribution < -0.4 is 24.3 Å². The molecule has 0 saturated carbocycles. The van der Waals surface area contributed by atoms with Gasteiger partial charge in [-0.25, -0.2) is 0 Å². The van der Waals surface area contributed by atoms with Crippen LogP contribution in [0.3, 0.4) is 0 Å². The van der Waals surface area contributed by atoms with Crippen molar-refractivity contribution in [1.29, 1.82) is 0 Å². The summed E-state index contributed by atoms with van der Waals surface area (Å²) in [5.74, 6) is 2.06. The van der Waals surface area contributed by atoms with Gasteiger partial charge in [0, 0.05) is 6.54 Å². The molecule has 0 fully saturated rings. The fourth-order valence-corrected chi connectivity index (χ4v) is 2.39. The quantitative estimate of drug-likeness (QED) is 0.663. The number of hydrogen-bond donors (Lipinski definition) is 2. The van der Waals surface area contributed by atoms with E-state index in [1.165, 1.54) is 7.11 Å². The summed E-state index contributed by atoms with van der Waals surface area (Å²) < 4.78 is 21.1. The van der Waals surface area contributed by atoms with Crippen molar-refractivity contribution in [2.45, 2.75) is 13.0 Å². The van der Waals surface area contributed by atoms with Crippen LogP contribution in [0.4, 0.5) is 0 Å². The Hall–Kier alpha value is -2.93. The van der Waals surface area contributed by atoms with Crippen LogP contribution in [0.2, 0.25) is 0 Å². The number of rotatable bonds is 10. The zero-order valence-corrected chi connectivity index (χ0v) is 15.7. The number of amides is 1. The summed E-state index contributed by atoms with van der Waals surface area (Å²) in [6.45, 7) is 2.41. The molecule has 0 radical (unpaired) electrons. The largest absolute Gasteiger partial charge is 0.494 e. The Bertz CT molecular complexity index is 732. The minimum absolute atomic E-state index is 0.0565. The topological polar surface area (TPSA) is 86.3 Å². The Labute approximate surface area is 158 Å². The normalized spacial score (nSPS) is 11.4. The van der Waals surface area contributed by atoms with Gasteiger partial charge in [-0.1, -0.05) is 6.07 Å². The number of carbonyl (C=O) groups excluding carboxylic acids is 1. The van der Waals surface area contributed by atoms with Crippen LogP contribution in [0.1, 0.15) is 18.6 Å². The van der Waals surface area contributed by atoms with Gasteiger partial charge in [0.25, 0.3) is 5.91 Å². The molecular weight excluding hydrogens is 350 g/mol. The van der Waals surface area contributed by atoms with Crippen molar-refractivity contribution in [1.82, 2.24) is 5.32 Å². The number of aliphatic hydroxyl groups excluding tert-OH is 1. The van der Waals surface area contributed by atoms with E-state index in [1.54, 1.807) is 49.6 Å². The van der Waals surface area contributed by atoms with Gasteiger partial charge in [-0.2, -0.15) is 0 Å². The molecule has 2 N–H and O–H groups in total. The Morgan fingerprint density at radius 1 is 1.00 bits per heavy atom. The summed E-state index contributed by atoms with van der Waals surface area (Å²) in [5, 5.41) is 12.9. The van der Waals surface area contributed by atoms with E-state index in [1.807, 2.05) is 6.92 Å². The molecule has 0 saturated heterocycles. The first-order chi connectivity index (χ1) is 13.1. The number of aliphatic hydroxyl groups is 1. The highest BCUT2D eigenvalue weighted by atomic mass is 16.5. The summed E-state index contributed by atoms with van der Waals surface area (Å²) in [7, 11) is 3.06. The highest BCUT2D eigenvalue weighted by Crippen LogP contribution is 2.29. The second-order valence-corrected chi connectivity index (χ2v) is 5.63. The standard InChI is InChI=1S/C20H25NO6/c1-4-26-15-6-8-16(9-7-15)27-13-20(23)21-12-17(22)14-5-10-18(24-2)19(11-14)25-3/h5-11,17,22H,4,12-13H2,1-3H3,(H,21,23). The highest BCUT2D eigenvalue weighted by Gasteiger charge is 2.13. The first kappa shape index (κ1) is 20.4. The lowest BCUT2D eigenvalue weighted by Gasteiger charge is -2.15. The van der Waals surface area contributed by atoms with Gasteiger partial charge >= 0.3 is 0 Å². The van der Waals surface area contributed by atoms with Crippen LogP contribution in [-0.4, -0.2) is 45.0 Å². The second kappa shape index (κ2) is 10.3. The Morgan fingerprint density at radius 2 is 1.63 bits per heavy atom. The predicted molar refractivity (Wildman–Crippen MR) is 101 cm³/mol. The van der Waals surface area contributed by atoms with Crippen LogP contribution in [0.25, 0.3) is 0 Å². The predicted octanol–water partition coefficient (Wildman–Crippen LogP) is 2.33. The average molecular weight is 375 g/mol. The van der Waals surface area contributed by atoms with Crippen molar-refractivity contribution in [2.75, 3.05) is 34.0 Å². The molecule has 2 aromatic rings. The monoisotopic (exact) mass is 375 g/mol. The number of nitrogens with one attached hydrogen (secondary N) is 1. The number of hydrogen-bond acceptors (Lipinski definition) is 6. The molecule has 0 aliphatic rings. The zero-order chi connectivity index (χ0) is 19.6. The molecule has 2 aromatic carbocycles. The maximum Gasteiger partial charge on any atom is 0.258 e. The molecule has 1 atom stereocenters. The van der Waals surface area contributed by atoms with E-state index in [0.717, 1.165) is 5.75 Å². The van der Waals surface area contributed by atoms with Crippen molar-refractivity contribution in [3.05, 3.63) is 48.0 Å². The molecule has 0 aromatic heterocycles. The molecular formula is C20H25NO6. The van der Waals surface area contributed by atoms with Gasteiger partial charge in [0.15, 0.2) is 18.1 Å². The molecule has 0 spiro atoms. The van der Waals surface area contributed by atoms with E-state index >= 15 is 0 Å². The lowest BCUT2D eigenvalue weighted by molar-refractivity contribution is -0.123. The summed E-state index contributed by atoms with van der Waals surface area (Å²) in [4.78, 5) is 11.9. The Balaban J connectivity index is 1.80. The molecule has 0 aliphatic heterocycles. The first-order valence-corrected chi connectivity index (χ1v) is 8.59. The van der Waals surface area contributed by atoms with E-state index in [2.05, 4.69) is 5.32 Å². The molecule has 7 nitrogen and oxygen atoms in total.